The molecule has 0 bridgehead atoms. The second kappa shape index (κ2) is 6.74. The number of carbonyl (C=O) groups excluding carboxylic acids is 1. The van der Waals surface area contributed by atoms with Crippen LogP contribution in [0.25, 0.3) is 0 Å². The molecule has 0 aromatic heterocycles. The number of anilines is 2. The Labute approximate surface area is 122 Å². The van der Waals surface area contributed by atoms with E-state index in [9.17, 15) is 9.18 Å². The van der Waals surface area contributed by atoms with Gasteiger partial charge in [-0.25, -0.2) is 4.39 Å². The number of amides is 1. The summed E-state index contributed by atoms with van der Waals surface area (Å²) in [6, 6.07) is 11.9. The lowest BCUT2D eigenvalue weighted by Gasteiger charge is -2.10. The summed E-state index contributed by atoms with van der Waals surface area (Å²) in [5, 5.41) is 5.64. The third-order valence-electron chi connectivity index (χ3n) is 2.93. The summed E-state index contributed by atoms with van der Waals surface area (Å²) >= 11 is 0. The molecule has 0 radical (unpaired) electrons. The largest absolute Gasteiger partial charge is 0.497 e. The van der Waals surface area contributed by atoms with Crippen LogP contribution in [0.15, 0.2) is 42.5 Å². The number of hydrogen-bond acceptors (Lipinski definition) is 3. The van der Waals surface area contributed by atoms with Gasteiger partial charge in [-0.3, -0.25) is 4.79 Å². The zero-order valence-electron chi connectivity index (χ0n) is 11.9. The molecule has 5 heteroatoms. The highest BCUT2D eigenvalue weighted by Gasteiger charge is 2.04. The van der Waals surface area contributed by atoms with Crippen molar-refractivity contribution in [2.24, 2.45) is 0 Å². The predicted octanol–water partition coefficient (Wildman–Crippen LogP) is 3.40. The van der Waals surface area contributed by atoms with Gasteiger partial charge in [-0.15, -0.1) is 0 Å². The van der Waals surface area contributed by atoms with Crippen LogP contribution < -0.4 is 15.4 Å². The average molecular weight is 288 g/mol. The van der Waals surface area contributed by atoms with Gasteiger partial charge in [0.25, 0.3) is 0 Å². The molecule has 2 aromatic rings. The number of rotatable bonds is 5. The fourth-order valence-corrected chi connectivity index (χ4v) is 1.88. The molecule has 0 saturated heterocycles. The molecule has 2 aromatic carbocycles. The van der Waals surface area contributed by atoms with Crippen molar-refractivity contribution in [2.45, 2.75) is 13.5 Å². The van der Waals surface area contributed by atoms with Gasteiger partial charge in [-0.1, -0.05) is 12.1 Å². The van der Waals surface area contributed by atoms with Crippen LogP contribution in [0.4, 0.5) is 15.8 Å². The zero-order valence-corrected chi connectivity index (χ0v) is 11.9. The summed E-state index contributed by atoms with van der Waals surface area (Å²) in [7, 11) is 1.61. The average Bonchev–Trinajstić information content (AvgIpc) is 2.48. The van der Waals surface area contributed by atoms with Gasteiger partial charge in [-0.2, -0.15) is 0 Å². The third kappa shape index (κ3) is 4.21. The molecule has 0 aliphatic rings. The van der Waals surface area contributed by atoms with Crippen LogP contribution in [0.5, 0.6) is 5.75 Å². The van der Waals surface area contributed by atoms with Gasteiger partial charge in [-0.05, 0) is 35.9 Å². The van der Waals surface area contributed by atoms with Crippen LogP contribution in [0.1, 0.15) is 12.5 Å². The minimum absolute atomic E-state index is 0.192. The molecular formula is C16H17FN2O2. The molecule has 0 spiro atoms. The van der Waals surface area contributed by atoms with Gasteiger partial charge in [0.15, 0.2) is 0 Å². The maximum atomic E-state index is 13.7. The SMILES string of the molecule is COc1ccc(CNc2cc(NC(C)=O)ccc2F)cc1. The molecule has 0 aliphatic carbocycles. The van der Waals surface area contributed by atoms with Crippen molar-refractivity contribution in [1.82, 2.24) is 0 Å². The summed E-state index contributed by atoms with van der Waals surface area (Å²) in [4.78, 5) is 11.0. The highest BCUT2D eigenvalue weighted by Crippen LogP contribution is 2.21. The van der Waals surface area contributed by atoms with Gasteiger partial charge < -0.3 is 15.4 Å². The van der Waals surface area contributed by atoms with E-state index in [4.69, 9.17) is 4.74 Å². The van der Waals surface area contributed by atoms with Crippen molar-refractivity contribution in [2.75, 3.05) is 17.7 Å². The molecule has 0 atom stereocenters. The number of carbonyl (C=O) groups is 1. The first-order chi connectivity index (χ1) is 10.1. The molecule has 0 heterocycles. The Morgan fingerprint density at radius 1 is 1.19 bits per heavy atom. The van der Waals surface area contributed by atoms with Gasteiger partial charge in [0.2, 0.25) is 5.91 Å². The number of nitrogens with one attached hydrogen (secondary N) is 2. The number of benzene rings is 2. The lowest BCUT2D eigenvalue weighted by atomic mass is 10.2. The highest BCUT2D eigenvalue weighted by atomic mass is 19.1. The van der Waals surface area contributed by atoms with Crippen molar-refractivity contribution < 1.29 is 13.9 Å². The topological polar surface area (TPSA) is 50.4 Å². The summed E-state index contributed by atoms with van der Waals surface area (Å²) in [6.07, 6.45) is 0. The van der Waals surface area contributed by atoms with Crippen LogP contribution >= 0.6 is 0 Å². The first-order valence-corrected chi connectivity index (χ1v) is 6.52. The maximum Gasteiger partial charge on any atom is 0.221 e. The van der Waals surface area contributed by atoms with E-state index in [1.165, 1.54) is 19.1 Å². The molecule has 0 fully saturated rings. The van der Waals surface area contributed by atoms with Gasteiger partial charge >= 0.3 is 0 Å². The van der Waals surface area contributed by atoms with Crippen LogP contribution in [-0.4, -0.2) is 13.0 Å². The molecule has 1 amide bonds. The minimum atomic E-state index is -0.363. The predicted molar refractivity (Wildman–Crippen MR) is 81.0 cm³/mol. The summed E-state index contributed by atoms with van der Waals surface area (Å²) in [6.45, 7) is 1.89. The van der Waals surface area contributed by atoms with Gasteiger partial charge in [0.05, 0.1) is 12.8 Å². The van der Waals surface area contributed by atoms with E-state index >= 15 is 0 Å². The van der Waals surface area contributed by atoms with E-state index in [2.05, 4.69) is 10.6 Å². The lowest BCUT2D eigenvalue weighted by molar-refractivity contribution is -0.114. The number of halogens is 1. The van der Waals surface area contributed by atoms with E-state index in [0.717, 1.165) is 11.3 Å². The smallest absolute Gasteiger partial charge is 0.221 e. The van der Waals surface area contributed by atoms with Crippen LogP contribution in [0.3, 0.4) is 0 Å². The van der Waals surface area contributed by atoms with Crippen molar-refractivity contribution in [3.8, 4) is 5.75 Å². The summed E-state index contributed by atoms with van der Waals surface area (Å²) in [5.41, 5.74) is 1.90. The first-order valence-electron chi connectivity index (χ1n) is 6.52. The molecule has 0 aliphatic heterocycles. The highest BCUT2D eigenvalue weighted by molar-refractivity contribution is 5.89. The Morgan fingerprint density at radius 3 is 2.52 bits per heavy atom. The van der Waals surface area contributed by atoms with Crippen LogP contribution in [0.2, 0.25) is 0 Å². The normalized spacial score (nSPS) is 10.0. The van der Waals surface area contributed by atoms with Gasteiger partial charge in [0.1, 0.15) is 11.6 Å². The first kappa shape index (κ1) is 14.8. The standard InChI is InChI=1S/C16H17FN2O2/c1-11(20)19-13-5-8-15(17)16(9-13)18-10-12-3-6-14(21-2)7-4-12/h3-9,18H,10H2,1-2H3,(H,19,20). The Bertz CT molecular complexity index is 627. The Hall–Kier alpha value is -2.56. The minimum Gasteiger partial charge on any atom is -0.497 e. The number of hydrogen-bond donors (Lipinski definition) is 2. The van der Waals surface area contributed by atoms with E-state index in [-0.39, 0.29) is 11.7 Å². The second-order valence-electron chi connectivity index (χ2n) is 4.58. The Morgan fingerprint density at radius 2 is 1.90 bits per heavy atom. The molecular weight excluding hydrogens is 271 g/mol. The van der Waals surface area contributed by atoms with Crippen LogP contribution in [0, 0.1) is 5.82 Å². The molecule has 2 N–H and O–H groups in total. The van der Waals surface area contributed by atoms with Crippen LogP contribution in [-0.2, 0) is 11.3 Å². The molecule has 21 heavy (non-hydrogen) atoms. The fourth-order valence-electron chi connectivity index (χ4n) is 1.88. The van der Waals surface area contributed by atoms with E-state index < -0.39 is 0 Å². The molecule has 4 nitrogen and oxygen atoms in total. The van der Waals surface area contributed by atoms with Crippen molar-refractivity contribution in [1.29, 1.82) is 0 Å². The summed E-state index contributed by atoms with van der Waals surface area (Å²) < 4.78 is 18.8. The van der Waals surface area contributed by atoms with E-state index in [1.807, 2.05) is 24.3 Å². The van der Waals surface area contributed by atoms with E-state index in [0.29, 0.717) is 17.9 Å². The summed E-state index contributed by atoms with van der Waals surface area (Å²) in [5.74, 6) is 0.220. The Balaban J connectivity index is 2.05. The quantitative estimate of drug-likeness (QED) is 0.886. The monoisotopic (exact) mass is 288 g/mol. The van der Waals surface area contributed by atoms with E-state index in [1.54, 1.807) is 13.2 Å². The molecule has 0 saturated carbocycles. The maximum absolute atomic E-state index is 13.7. The number of ether oxygens (including phenoxy) is 1. The van der Waals surface area contributed by atoms with Gasteiger partial charge in [0, 0.05) is 19.2 Å². The molecule has 0 unspecified atom stereocenters. The molecule has 110 valence electrons. The fraction of sp³-hybridized carbons (Fsp3) is 0.188. The Kier molecular flexibility index (Phi) is 4.77. The van der Waals surface area contributed by atoms with Crippen molar-refractivity contribution >= 4 is 17.3 Å². The van der Waals surface area contributed by atoms with Crippen molar-refractivity contribution in [3.63, 3.8) is 0 Å². The lowest BCUT2D eigenvalue weighted by Crippen LogP contribution is -2.07. The zero-order chi connectivity index (χ0) is 15.2. The third-order valence-corrected chi connectivity index (χ3v) is 2.93. The van der Waals surface area contributed by atoms with Crippen molar-refractivity contribution in [3.05, 3.63) is 53.8 Å². The number of methoxy groups -OCH3 is 1. The molecule has 2 rings (SSSR count). The second-order valence-corrected chi connectivity index (χ2v) is 4.58.